The van der Waals surface area contributed by atoms with Crippen molar-refractivity contribution in [1.82, 2.24) is 10.3 Å². The number of hydrogen-bond donors (Lipinski definition) is 1. The van der Waals surface area contributed by atoms with Gasteiger partial charge in [-0.3, -0.25) is 9.59 Å². The Morgan fingerprint density at radius 1 is 1.11 bits per heavy atom. The summed E-state index contributed by atoms with van der Waals surface area (Å²) in [6, 6.07) is 6.05. The summed E-state index contributed by atoms with van der Waals surface area (Å²) in [6.07, 6.45) is 8.09. The van der Waals surface area contributed by atoms with Gasteiger partial charge in [0.15, 0.2) is 5.78 Å². The van der Waals surface area contributed by atoms with Crippen LogP contribution in [0.1, 0.15) is 70.7 Å². The molecule has 0 saturated carbocycles. The molecule has 0 radical (unpaired) electrons. The highest BCUT2D eigenvalue weighted by molar-refractivity contribution is 7.09. The number of thiazole rings is 1. The van der Waals surface area contributed by atoms with Gasteiger partial charge in [-0.25, -0.2) is 4.98 Å². The van der Waals surface area contributed by atoms with Crippen LogP contribution in [0.4, 0.5) is 0 Å². The van der Waals surface area contributed by atoms with Crippen molar-refractivity contribution in [3.8, 4) is 0 Å². The van der Waals surface area contributed by atoms with E-state index in [0.29, 0.717) is 6.54 Å². The van der Waals surface area contributed by atoms with E-state index in [4.69, 9.17) is 0 Å². The second-order valence-electron chi connectivity index (χ2n) is 7.30. The SMILES string of the molecule is Cc1csc(CCCCNC(=O)CCC(=O)c2ccc3c(c2)CCCC3)n1. The van der Waals surface area contributed by atoms with Crippen molar-refractivity contribution in [2.45, 2.75) is 64.7 Å². The number of aromatic nitrogens is 1. The smallest absolute Gasteiger partial charge is 0.220 e. The Bertz CT molecular complexity index is 797. The van der Waals surface area contributed by atoms with E-state index in [1.54, 1.807) is 11.3 Å². The van der Waals surface area contributed by atoms with Crippen LogP contribution >= 0.6 is 11.3 Å². The van der Waals surface area contributed by atoms with Gasteiger partial charge in [0.25, 0.3) is 0 Å². The maximum atomic E-state index is 12.4. The monoisotopic (exact) mass is 384 g/mol. The summed E-state index contributed by atoms with van der Waals surface area (Å²) >= 11 is 1.70. The molecule has 4 nitrogen and oxygen atoms in total. The first-order valence-corrected chi connectivity index (χ1v) is 10.8. The molecular weight excluding hydrogens is 356 g/mol. The highest BCUT2D eigenvalue weighted by Gasteiger charge is 2.14. The van der Waals surface area contributed by atoms with Crippen LogP contribution in [0.5, 0.6) is 0 Å². The Kier molecular flexibility index (Phi) is 7.16. The molecule has 1 aliphatic rings. The van der Waals surface area contributed by atoms with Crippen LogP contribution in [-0.2, 0) is 24.1 Å². The van der Waals surface area contributed by atoms with Gasteiger partial charge in [0.05, 0.1) is 5.01 Å². The molecule has 27 heavy (non-hydrogen) atoms. The molecule has 1 aliphatic carbocycles. The molecule has 0 spiro atoms. The van der Waals surface area contributed by atoms with Crippen molar-refractivity contribution < 1.29 is 9.59 Å². The molecule has 0 bridgehead atoms. The number of carbonyl (C=O) groups is 2. The lowest BCUT2D eigenvalue weighted by molar-refractivity contribution is -0.121. The van der Waals surface area contributed by atoms with E-state index >= 15 is 0 Å². The predicted molar refractivity (Wildman–Crippen MR) is 109 cm³/mol. The van der Waals surface area contributed by atoms with Gasteiger partial charge < -0.3 is 5.32 Å². The molecule has 1 amide bonds. The van der Waals surface area contributed by atoms with Crippen molar-refractivity contribution in [1.29, 1.82) is 0 Å². The van der Waals surface area contributed by atoms with Crippen LogP contribution in [0.2, 0.25) is 0 Å². The summed E-state index contributed by atoms with van der Waals surface area (Å²) in [5, 5.41) is 6.15. The molecule has 1 N–H and O–H groups in total. The fourth-order valence-corrected chi connectivity index (χ4v) is 4.33. The van der Waals surface area contributed by atoms with Gasteiger partial charge in [0.1, 0.15) is 0 Å². The third-order valence-electron chi connectivity index (χ3n) is 5.06. The minimum absolute atomic E-state index is 0.0357. The van der Waals surface area contributed by atoms with Gasteiger partial charge in [0, 0.05) is 36.0 Å². The molecule has 5 heteroatoms. The maximum Gasteiger partial charge on any atom is 0.220 e. The zero-order valence-electron chi connectivity index (χ0n) is 16.1. The van der Waals surface area contributed by atoms with Crippen molar-refractivity contribution in [2.75, 3.05) is 6.54 Å². The van der Waals surface area contributed by atoms with Crippen LogP contribution in [0.15, 0.2) is 23.6 Å². The van der Waals surface area contributed by atoms with Gasteiger partial charge in [0.2, 0.25) is 5.91 Å². The van der Waals surface area contributed by atoms with Gasteiger partial charge in [-0.15, -0.1) is 11.3 Å². The van der Waals surface area contributed by atoms with E-state index in [1.165, 1.54) is 24.0 Å². The second kappa shape index (κ2) is 9.79. The molecule has 1 aromatic carbocycles. The lowest BCUT2D eigenvalue weighted by Crippen LogP contribution is -2.25. The van der Waals surface area contributed by atoms with Crippen molar-refractivity contribution in [3.05, 3.63) is 51.0 Å². The largest absolute Gasteiger partial charge is 0.356 e. The van der Waals surface area contributed by atoms with Gasteiger partial charge >= 0.3 is 0 Å². The fraction of sp³-hybridized carbons (Fsp3) is 0.500. The number of nitrogens with zero attached hydrogens (tertiary/aromatic N) is 1. The third-order valence-corrected chi connectivity index (χ3v) is 6.08. The molecular formula is C22H28N2O2S. The van der Waals surface area contributed by atoms with Crippen molar-refractivity contribution in [3.63, 3.8) is 0 Å². The highest BCUT2D eigenvalue weighted by Crippen LogP contribution is 2.23. The van der Waals surface area contributed by atoms with E-state index < -0.39 is 0 Å². The zero-order chi connectivity index (χ0) is 19.1. The molecule has 0 saturated heterocycles. The van der Waals surface area contributed by atoms with Crippen LogP contribution in [0.3, 0.4) is 0 Å². The van der Waals surface area contributed by atoms with Gasteiger partial charge in [-0.2, -0.15) is 0 Å². The minimum atomic E-state index is -0.0357. The Labute approximate surface area is 165 Å². The summed E-state index contributed by atoms with van der Waals surface area (Å²) in [4.78, 5) is 28.8. The lowest BCUT2D eigenvalue weighted by Gasteiger charge is -2.16. The first kappa shape index (κ1) is 19.7. The van der Waals surface area contributed by atoms with E-state index in [9.17, 15) is 9.59 Å². The first-order valence-electron chi connectivity index (χ1n) is 9.94. The average molecular weight is 385 g/mol. The Morgan fingerprint density at radius 2 is 1.93 bits per heavy atom. The number of amides is 1. The van der Waals surface area contributed by atoms with E-state index in [0.717, 1.165) is 48.4 Å². The maximum absolute atomic E-state index is 12.4. The Morgan fingerprint density at radius 3 is 2.70 bits per heavy atom. The molecule has 2 aromatic rings. The van der Waals surface area contributed by atoms with Crippen LogP contribution in [0, 0.1) is 6.92 Å². The zero-order valence-corrected chi connectivity index (χ0v) is 16.9. The first-order chi connectivity index (χ1) is 13.1. The number of ketones is 1. The number of unbranched alkanes of at least 4 members (excludes halogenated alkanes) is 1. The van der Waals surface area contributed by atoms with Crippen molar-refractivity contribution in [2.24, 2.45) is 0 Å². The van der Waals surface area contributed by atoms with Crippen LogP contribution < -0.4 is 5.32 Å². The topological polar surface area (TPSA) is 59.1 Å². The molecule has 1 aromatic heterocycles. The molecule has 0 fully saturated rings. The number of benzene rings is 1. The van der Waals surface area contributed by atoms with Gasteiger partial charge in [-0.05, 0) is 69.1 Å². The minimum Gasteiger partial charge on any atom is -0.356 e. The summed E-state index contributed by atoms with van der Waals surface area (Å²) in [7, 11) is 0. The Balaban J connectivity index is 1.33. The second-order valence-corrected chi connectivity index (χ2v) is 8.25. The summed E-state index contributed by atoms with van der Waals surface area (Å²) < 4.78 is 0. The fourth-order valence-electron chi connectivity index (χ4n) is 3.51. The van der Waals surface area contributed by atoms with Gasteiger partial charge in [-0.1, -0.05) is 12.1 Å². The number of rotatable bonds is 9. The van der Waals surface area contributed by atoms with Crippen LogP contribution in [0.25, 0.3) is 0 Å². The van der Waals surface area contributed by atoms with Crippen LogP contribution in [-0.4, -0.2) is 23.2 Å². The average Bonchev–Trinajstić information content (AvgIpc) is 3.10. The summed E-state index contributed by atoms with van der Waals surface area (Å²) in [5.41, 5.74) is 4.52. The third kappa shape index (κ3) is 5.99. The molecule has 3 rings (SSSR count). The number of hydrogen-bond acceptors (Lipinski definition) is 4. The predicted octanol–water partition coefficient (Wildman–Crippen LogP) is 4.43. The Hall–Kier alpha value is -2.01. The molecule has 1 heterocycles. The number of Topliss-reactive ketones (excluding diaryl/α,β-unsaturated/α-hetero) is 1. The normalized spacial score (nSPS) is 13.2. The van der Waals surface area contributed by atoms with E-state index in [1.807, 2.05) is 19.1 Å². The molecule has 0 aliphatic heterocycles. The number of aryl methyl sites for hydroxylation is 4. The quantitative estimate of drug-likeness (QED) is 0.514. The van der Waals surface area contributed by atoms with Crippen molar-refractivity contribution >= 4 is 23.0 Å². The van der Waals surface area contributed by atoms with E-state index in [-0.39, 0.29) is 24.5 Å². The van der Waals surface area contributed by atoms with E-state index in [2.05, 4.69) is 21.7 Å². The number of carbonyl (C=O) groups excluding carboxylic acids is 2. The number of fused-ring (bicyclic) bond motifs is 1. The summed E-state index contributed by atoms with van der Waals surface area (Å²) in [6.45, 7) is 2.67. The molecule has 0 unspecified atom stereocenters. The number of nitrogens with one attached hydrogen (secondary N) is 1. The highest BCUT2D eigenvalue weighted by atomic mass is 32.1. The lowest BCUT2D eigenvalue weighted by atomic mass is 9.89. The standard InChI is InChI=1S/C22H28N2O2S/c1-16-15-27-22(24-16)8-4-5-13-23-21(26)12-11-20(25)19-10-9-17-6-2-3-7-18(17)14-19/h9-10,14-15H,2-8,11-13H2,1H3,(H,23,26). The molecule has 144 valence electrons. The summed E-state index contributed by atoms with van der Waals surface area (Å²) in [5.74, 6) is 0.0315. The molecule has 0 atom stereocenters.